The average molecular weight is 515 g/mol. The fourth-order valence-corrected chi connectivity index (χ4v) is 5.95. The predicted octanol–water partition coefficient (Wildman–Crippen LogP) is 6.33. The molecule has 1 amide bonds. The van der Waals surface area contributed by atoms with Crippen molar-refractivity contribution in [3.8, 4) is 11.5 Å². The zero-order valence-electron chi connectivity index (χ0n) is 18.7. The summed E-state index contributed by atoms with van der Waals surface area (Å²) in [6, 6.07) is 17.3. The van der Waals surface area contributed by atoms with E-state index in [9.17, 15) is 9.59 Å². The van der Waals surface area contributed by atoms with Crippen LogP contribution in [0.3, 0.4) is 0 Å². The van der Waals surface area contributed by atoms with Gasteiger partial charge in [-0.3, -0.25) is 9.59 Å². The Bertz CT molecular complexity index is 1360. The van der Waals surface area contributed by atoms with E-state index in [1.807, 2.05) is 54.6 Å². The lowest BCUT2D eigenvalue weighted by atomic mass is 10.1. The second kappa shape index (κ2) is 10.7. The molecule has 2 aromatic carbocycles. The number of carbonyl (C=O) groups is 2. The lowest BCUT2D eigenvalue weighted by Crippen LogP contribution is -2.21. The Kier molecular flexibility index (Phi) is 7.70. The zero-order valence-corrected chi connectivity index (χ0v) is 21.0. The Morgan fingerprint density at radius 2 is 1.85 bits per heavy atom. The number of carbonyl (C=O) groups excluding carboxylic acids is 1. The second-order valence-electron chi connectivity index (χ2n) is 7.89. The summed E-state index contributed by atoms with van der Waals surface area (Å²) in [6.07, 6.45) is 0.400. The van der Waals surface area contributed by atoms with Crippen LogP contribution in [0.1, 0.15) is 16.6 Å². The number of furan rings is 1. The Morgan fingerprint density at radius 3 is 2.62 bits per heavy atom. The van der Waals surface area contributed by atoms with Gasteiger partial charge >= 0.3 is 5.97 Å². The minimum Gasteiger partial charge on any atom is -0.481 e. The maximum absolute atomic E-state index is 11.9. The number of amides is 1. The molecule has 2 heterocycles. The SMILES string of the molecule is CN(C)C(=O)CCSC(SCC(=O)O)c1ccc2oc(-c3ccc4ccc(Cl)cc4n3)cc2c1. The van der Waals surface area contributed by atoms with E-state index in [2.05, 4.69) is 0 Å². The number of halogens is 1. The van der Waals surface area contributed by atoms with Gasteiger partial charge in [0.05, 0.1) is 15.9 Å². The molecule has 34 heavy (non-hydrogen) atoms. The summed E-state index contributed by atoms with van der Waals surface area (Å²) in [5.41, 5.74) is 3.20. The molecule has 9 heteroatoms. The lowest BCUT2D eigenvalue weighted by molar-refractivity contribution is -0.134. The highest BCUT2D eigenvalue weighted by atomic mass is 35.5. The third kappa shape index (κ3) is 5.87. The Labute approximate surface area is 210 Å². The van der Waals surface area contributed by atoms with Crippen molar-refractivity contribution in [2.24, 2.45) is 0 Å². The highest BCUT2D eigenvalue weighted by molar-refractivity contribution is 8.16. The molecule has 0 aliphatic carbocycles. The highest BCUT2D eigenvalue weighted by Crippen LogP contribution is 2.41. The van der Waals surface area contributed by atoms with Gasteiger partial charge in [-0.2, -0.15) is 0 Å². The van der Waals surface area contributed by atoms with Crippen molar-refractivity contribution in [3.63, 3.8) is 0 Å². The van der Waals surface area contributed by atoms with E-state index in [1.165, 1.54) is 11.8 Å². The topological polar surface area (TPSA) is 83.6 Å². The van der Waals surface area contributed by atoms with Crippen LogP contribution < -0.4 is 0 Å². The first-order valence-corrected chi connectivity index (χ1v) is 13.0. The van der Waals surface area contributed by atoms with Crippen LogP contribution in [0.25, 0.3) is 33.3 Å². The Hall–Kier alpha value is -2.68. The quantitative estimate of drug-likeness (QED) is 0.261. The van der Waals surface area contributed by atoms with Gasteiger partial charge in [0, 0.05) is 42.1 Å². The molecule has 0 aliphatic heterocycles. The molecule has 1 N–H and O–H groups in total. The van der Waals surface area contributed by atoms with Crippen LogP contribution in [0.15, 0.2) is 59.0 Å². The molecule has 0 aliphatic rings. The van der Waals surface area contributed by atoms with Gasteiger partial charge in [0.15, 0.2) is 5.76 Å². The van der Waals surface area contributed by atoms with Gasteiger partial charge in [-0.15, -0.1) is 23.5 Å². The predicted molar refractivity (Wildman–Crippen MR) is 141 cm³/mol. The number of hydrogen-bond donors (Lipinski definition) is 1. The molecule has 6 nitrogen and oxygen atoms in total. The normalized spacial score (nSPS) is 12.2. The van der Waals surface area contributed by atoms with E-state index in [4.69, 9.17) is 26.1 Å². The fourth-order valence-electron chi connectivity index (χ4n) is 3.43. The number of carboxylic acids is 1. The van der Waals surface area contributed by atoms with Crippen molar-refractivity contribution in [2.75, 3.05) is 25.6 Å². The molecule has 4 rings (SSSR count). The number of pyridine rings is 1. The van der Waals surface area contributed by atoms with Crippen molar-refractivity contribution in [2.45, 2.75) is 11.0 Å². The second-order valence-corrected chi connectivity index (χ2v) is 10.9. The van der Waals surface area contributed by atoms with Crippen LogP contribution in [0.2, 0.25) is 5.02 Å². The van der Waals surface area contributed by atoms with Crippen molar-refractivity contribution in [1.82, 2.24) is 9.88 Å². The first kappa shape index (κ1) is 24.4. The van der Waals surface area contributed by atoms with Gasteiger partial charge in [0.2, 0.25) is 5.91 Å². The summed E-state index contributed by atoms with van der Waals surface area (Å²) >= 11 is 9.03. The zero-order chi connectivity index (χ0) is 24.2. The number of benzene rings is 2. The largest absolute Gasteiger partial charge is 0.481 e. The van der Waals surface area contributed by atoms with Crippen LogP contribution in [0.5, 0.6) is 0 Å². The van der Waals surface area contributed by atoms with Gasteiger partial charge in [-0.1, -0.05) is 29.8 Å². The molecular weight excluding hydrogens is 492 g/mol. The highest BCUT2D eigenvalue weighted by Gasteiger charge is 2.18. The minimum absolute atomic E-state index is 0.0163. The first-order valence-electron chi connectivity index (χ1n) is 10.6. The molecule has 0 radical (unpaired) electrons. The van der Waals surface area contributed by atoms with Crippen LogP contribution >= 0.6 is 35.1 Å². The third-order valence-corrected chi connectivity index (χ3v) is 8.22. The Balaban J connectivity index is 1.59. The number of carboxylic acid groups (broad SMARTS) is 1. The summed E-state index contributed by atoms with van der Waals surface area (Å²) in [7, 11) is 3.46. The van der Waals surface area contributed by atoms with E-state index < -0.39 is 5.97 Å². The van der Waals surface area contributed by atoms with Crippen LogP contribution in [0, 0.1) is 0 Å². The summed E-state index contributed by atoms with van der Waals surface area (Å²) in [5, 5.41) is 11.7. The first-order chi connectivity index (χ1) is 16.3. The maximum atomic E-state index is 11.9. The molecule has 4 aromatic rings. The van der Waals surface area contributed by atoms with Crippen LogP contribution in [-0.4, -0.2) is 52.5 Å². The molecule has 2 aromatic heterocycles. The van der Waals surface area contributed by atoms with Crippen molar-refractivity contribution in [1.29, 1.82) is 0 Å². The molecule has 1 atom stereocenters. The van der Waals surface area contributed by atoms with Crippen molar-refractivity contribution in [3.05, 3.63) is 65.2 Å². The Morgan fingerprint density at radius 1 is 1.06 bits per heavy atom. The van der Waals surface area contributed by atoms with Crippen molar-refractivity contribution < 1.29 is 19.1 Å². The number of nitrogens with zero attached hydrogens (tertiary/aromatic N) is 2. The van der Waals surface area contributed by atoms with E-state index in [0.717, 1.165) is 27.4 Å². The third-order valence-electron chi connectivity index (χ3n) is 5.16. The number of aromatic nitrogens is 1. The van der Waals surface area contributed by atoms with Crippen LogP contribution in [0.4, 0.5) is 0 Å². The average Bonchev–Trinajstić information content (AvgIpc) is 3.23. The van der Waals surface area contributed by atoms with Gasteiger partial charge in [0.1, 0.15) is 11.3 Å². The van der Waals surface area contributed by atoms with Gasteiger partial charge in [0.25, 0.3) is 0 Å². The molecule has 0 bridgehead atoms. The number of hydrogen-bond acceptors (Lipinski definition) is 6. The summed E-state index contributed by atoms with van der Waals surface area (Å²) in [6.45, 7) is 0. The molecule has 176 valence electrons. The molecule has 1 unspecified atom stereocenters. The molecular formula is C25H23ClN2O4S2. The smallest absolute Gasteiger partial charge is 0.313 e. The van der Waals surface area contributed by atoms with Crippen molar-refractivity contribution >= 4 is 68.9 Å². The monoisotopic (exact) mass is 514 g/mol. The summed E-state index contributed by atoms with van der Waals surface area (Å²) in [5.74, 6) is 0.417. The van der Waals surface area contributed by atoms with E-state index >= 15 is 0 Å². The lowest BCUT2D eigenvalue weighted by Gasteiger charge is -2.17. The maximum Gasteiger partial charge on any atom is 0.313 e. The number of fused-ring (bicyclic) bond motifs is 2. The van der Waals surface area contributed by atoms with E-state index in [-0.39, 0.29) is 16.2 Å². The van der Waals surface area contributed by atoms with E-state index in [0.29, 0.717) is 28.7 Å². The van der Waals surface area contributed by atoms with Gasteiger partial charge < -0.3 is 14.4 Å². The molecule has 0 saturated carbocycles. The standard InChI is InChI=1S/C25H23ClN2O4S2/c1-28(2)23(29)9-10-33-25(34-14-24(30)31)16-5-8-21-17(11-16)12-22(32-21)19-7-4-15-3-6-18(26)13-20(15)27-19/h3-8,11-13,25H,9-10,14H2,1-2H3,(H,30,31). The van der Waals surface area contributed by atoms with Gasteiger partial charge in [-0.25, -0.2) is 4.98 Å². The number of rotatable bonds is 9. The van der Waals surface area contributed by atoms with Gasteiger partial charge in [-0.05, 0) is 42.0 Å². The molecule has 0 saturated heterocycles. The summed E-state index contributed by atoms with van der Waals surface area (Å²) in [4.78, 5) is 29.4. The minimum atomic E-state index is -0.867. The van der Waals surface area contributed by atoms with Crippen LogP contribution in [-0.2, 0) is 9.59 Å². The number of aliphatic carboxylic acids is 1. The fraction of sp³-hybridized carbons (Fsp3) is 0.240. The number of thioether (sulfide) groups is 2. The molecule has 0 spiro atoms. The van der Waals surface area contributed by atoms with E-state index in [1.54, 1.807) is 30.8 Å². The molecule has 0 fully saturated rings. The summed E-state index contributed by atoms with van der Waals surface area (Å²) < 4.78 is 5.94.